The highest BCUT2D eigenvalue weighted by Gasteiger charge is 2.06. The first-order valence-corrected chi connectivity index (χ1v) is 5.10. The van der Waals surface area contributed by atoms with E-state index in [1.165, 1.54) is 0 Å². The number of nitrogens with zero attached hydrogens (tertiary/aromatic N) is 2. The van der Waals surface area contributed by atoms with Crippen molar-refractivity contribution in [2.24, 2.45) is 0 Å². The SMILES string of the molecule is CN(C)Cc1ncc(-c2ccc(N)cc2)o1. The molecule has 0 atom stereocenters. The third kappa shape index (κ3) is 2.41. The zero-order valence-corrected chi connectivity index (χ0v) is 9.47. The zero-order chi connectivity index (χ0) is 11.5. The normalized spacial score (nSPS) is 10.9. The molecule has 4 heteroatoms. The summed E-state index contributed by atoms with van der Waals surface area (Å²) in [5, 5.41) is 0. The third-order valence-electron chi connectivity index (χ3n) is 2.20. The highest BCUT2D eigenvalue weighted by Crippen LogP contribution is 2.21. The first-order chi connectivity index (χ1) is 7.65. The summed E-state index contributed by atoms with van der Waals surface area (Å²) in [6.07, 6.45) is 1.74. The molecule has 2 rings (SSSR count). The summed E-state index contributed by atoms with van der Waals surface area (Å²) in [6, 6.07) is 7.55. The predicted molar refractivity (Wildman–Crippen MR) is 63.7 cm³/mol. The van der Waals surface area contributed by atoms with Crippen LogP contribution in [0.5, 0.6) is 0 Å². The van der Waals surface area contributed by atoms with Crippen molar-refractivity contribution in [1.29, 1.82) is 0 Å². The second-order valence-corrected chi connectivity index (χ2v) is 3.98. The fourth-order valence-electron chi connectivity index (χ4n) is 1.43. The van der Waals surface area contributed by atoms with E-state index in [1.54, 1.807) is 6.20 Å². The molecule has 4 nitrogen and oxygen atoms in total. The summed E-state index contributed by atoms with van der Waals surface area (Å²) < 4.78 is 5.63. The van der Waals surface area contributed by atoms with Gasteiger partial charge in [0.05, 0.1) is 12.7 Å². The van der Waals surface area contributed by atoms with Crippen molar-refractivity contribution in [2.75, 3.05) is 19.8 Å². The molecule has 0 bridgehead atoms. The van der Waals surface area contributed by atoms with E-state index < -0.39 is 0 Å². The van der Waals surface area contributed by atoms with E-state index in [4.69, 9.17) is 10.2 Å². The first kappa shape index (κ1) is 10.7. The Morgan fingerprint density at radius 1 is 1.25 bits per heavy atom. The maximum Gasteiger partial charge on any atom is 0.209 e. The Morgan fingerprint density at radius 2 is 1.94 bits per heavy atom. The van der Waals surface area contributed by atoms with Crippen LogP contribution < -0.4 is 5.73 Å². The van der Waals surface area contributed by atoms with Crippen LogP contribution in [-0.2, 0) is 6.54 Å². The molecule has 0 saturated carbocycles. The van der Waals surface area contributed by atoms with Gasteiger partial charge in [-0.2, -0.15) is 0 Å². The maximum absolute atomic E-state index is 5.63. The minimum Gasteiger partial charge on any atom is -0.439 e. The van der Waals surface area contributed by atoms with Gasteiger partial charge in [0.25, 0.3) is 0 Å². The van der Waals surface area contributed by atoms with Crippen molar-refractivity contribution in [2.45, 2.75) is 6.54 Å². The molecular formula is C12H15N3O. The van der Waals surface area contributed by atoms with Crippen molar-refractivity contribution in [3.63, 3.8) is 0 Å². The van der Waals surface area contributed by atoms with Crippen molar-refractivity contribution in [1.82, 2.24) is 9.88 Å². The molecule has 2 aromatic rings. The average molecular weight is 217 g/mol. The number of oxazole rings is 1. The first-order valence-electron chi connectivity index (χ1n) is 5.10. The van der Waals surface area contributed by atoms with Gasteiger partial charge in [-0.3, -0.25) is 0 Å². The molecule has 0 aliphatic rings. The van der Waals surface area contributed by atoms with Crippen molar-refractivity contribution in [3.05, 3.63) is 36.4 Å². The number of benzene rings is 1. The molecule has 0 aliphatic carbocycles. The molecule has 0 fully saturated rings. The smallest absolute Gasteiger partial charge is 0.209 e. The summed E-state index contributed by atoms with van der Waals surface area (Å²) in [6.45, 7) is 0.703. The van der Waals surface area contributed by atoms with Crippen LogP contribution in [0.1, 0.15) is 5.89 Å². The quantitative estimate of drug-likeness (QED) is 0.799. The average Bonchev–Trinajstić information content (AvgIpc) is 2.66. The number of hydrogen-bond donors (Lipinski definition) is 1. The molecule has 1 heterocycles. The molecule has 0 aliphatic heterocycles. The van der Waals surface area contributed by atoms with E-state index in [0.29, 0.717) is 6.54 Å². The van der Waals surface area contributed by atoms with Crippen LogP contribution in [0.3, 0.4) is 0 Å². The molecule has 1 aromatic heterocycles. The molecule has 0 radical (unpaired) electrons. The minimum atomic E-state index is 0.703. The van der Waals surface area contributed by atoms with Gasteiger partial charge in [-0.1, -0.05) is 0 Å². The van der Waals surface area contributed by atoms with Gasteiger partial charge in [0, 0.05) is 11.3 Å². The Balaban J connectivity index is 2.21. The Bertz CT molecular complexity index is 459. The Labute approximate surface area is 94.7 Å². The summed E-state index contributed by atoms with van der Waals surface area (Å²) in [5.41, 5.74) is 7.36. The molecular weight excluding hydrogens is 202 g/mol. The van der Waals surface area contributed by atoms with Gasteiger partial charge in [0.2, 0.25) is 5.89 Å². The molecule has 16 heavy (non-hydrogen) atoms. The second kappa shape index (κ2) is 4.37. The fourth-order valence-corrected chi connectivity index (χ4v) is 1.43. The van der Waals surface area contributed by atoms with Gasteiger partial charge in [0.1, 0.15) is 0 Å². The van der Waals surface area contributed by atoms with Crippen LogP contribution in [-0.4, -0.2) is 24.0 Å². The van der Waals surface area contributed by atoms with E-state index in [9.17, 15) is 0 Å². The lowest BCUT2D eigenvalue weighted by atomic mass is 10.2. The standard InChI is InChI=1S/C12H15N3O/c1-15(2)8-12-14-7-11(16-12)9-3-5-10(13)6-4-9/h3-7H,8,13H2,1-2H3. The molecule has 0 unspecified atom stereocenters. The maximum atomic E-state index is 5.63. The van der Waals surface area contributed by atoms with Crippen LogP contribution in [0.4, 0.5) is 5.69 Å². The second-order valence-electron chi connectivity index (χ2n) is 3.98. The van der Waals surface area contributed by atoms with Gasteiger partial charge < -0.3 is 15.1 Å². The lowest BCUT2D eigenvalue weighted by Gasteiger charge is -2.04. The molecule has 0 spiro atoms. The molecule has 0 saturated heterocycles. The van der Waals surface area contributed by atoms with Crippen molar-refractivity contribution >= 4 is 5.69 Å². The van der Waals surface area contributed by atoms with Crippen LogP contribution >= 0.6 is 0 Å². The summed E-state index contributed by atoms with van der Waals surface area (Å²) in [7, 11) is 3.96. The number of hydrogen-bond acceptors (Lipinski definition) is 4. The molecule has 84 valence electrons. The highest BCUT2D eigenvalue weighted by molar-refractivity contribution is 5.59. The van der Waals surface area contributed by atoms with Crippen LogP contribution in [0.2, 0.25) is 0 Å². The number of nitrogen functional groups attached to an aromatic ring is 1. The fraction of sp³-hybridized carbons (Fsp3) is 0.250. The number of aromatic nitrogens is 1. The van der Waals surface area contributed by atoms with Crippen LogP contribution in [0, 0.1) is 0 Å². The van der Waals surface area contributed by atoms with E-state index in [1.807, 2.05) is 43.3 Å². The monoisotopic (exact) mass is 217 g/mol. The summed E-state index contributed by atoms with van der Waals surface area (Å²) in [5.74, 6) is 1.49. The van der Waals surface area contributed by atoms with Gasteiger partial charge in [0.15, 0.2) is 5.76 Å². The number of rotatable bonds is 3. The Kier molecular flexibility index (Phi) is 2.92. The largest absolute Gasteiger partial charge is 0.439 e. The molecule has 1 aromatic carbocycles. The predicted octanol–water partition coefficient (Wildman–Crippen LogP) is 1.99. The highest BCUT2D eigenvalue weighted by atomic mass is 16.4. The number of nitrogens with two attached hydrogens (primary N) is 1. The van der Waals surface area contributed by atoms with Gasteiger partial charge in [-0.25, -0.2) is 4.98 Å². The van der Waals surface area contributed by atoms with Crippen molar-refractivity contribution < 1.29 is 4.42 Å². The zero-order valence-electron chi connectivity index (χ0n) is 9.47. The summed E-state index contributed by atoms with van der Waals surface area (Å²) in [4.78, 5) is 6.23. The van der Waals surface area contributed by atoms with E-state index in [0.717, 1.165) is 22.9 Å². The van der Waals surface area contributed by atoms with Crippen LogP contribution in [0.25, 0.3) is 11.3 Å². The van der Waals surface area contributed by atoms with Gasteiger partial charge in [-0.05, 0) is 38.4 Å². The molecule has 0 amide bonds. The summed E-state index contributed by atoms with van der Waals surface area (Å²) >= 11 is 0. The Hall–Kier alpha value is -1.81. The van der Waals surface area contributed by atoms with Crippen molar-refractivity contribution in [3.8, 4) is 11.3 Å². The van der Waals surface area contributed by atoms with E-state index >= 15 is 0 Å². The minimum absolute atomic E-state index is 0.703. The topological polar surface area (TPSA) is 55.3 Å². The van der Waals surface area contributed by atoms with Crippen LogP contribution in [0.15, 0.2) is 34.9 Å². The lowest BCUT2D eigenvalue weighted by molar-refractivity contribution is 0.344. The van der Waals surface area contributed by atoms with E-state index in [2.05, 4.69) is 4.98 Å². The number of anilines is 1. The van der Waals surface area contributed by atoms with E-state index in [-0.39, 0.29) is 0 Å². The van der Waals surface area contributed by atoms with Gasteiger partial charge in [-0.15, -0.1) is 0 Å². The lowest BCUT2D eigenvalue weighted by Crippen LogP contribution is -2.10. The van der Waals surface area contributed by atoms with Gasteiger partial charge >= 0.3 is 0 Å². The Morgan fingerprint density at radius 3 is 2.56 bits per heavy atom. The molecule has 2 N–H and O–H groups in total. The third-order valence-corrected chi connectivity index (χ3v) is 2.20.